The number of azo groups is 1. The fourth-order valence-corrected chi connectivity index (χ4v) is 2.21. The van der Waals surface area contributed by atoms with Gasteiger partial charge in [0, 0.05) is 5.69 Å². The molecule has 0 aliphatic heterocycles. The smallest absolute Gasteiger partial charge is 0.364 e. The Morgan fingerprint density at radius 3 is 2.64 bits per heavy atom. The summed E-state index contributed by atoms with van der Waals surface area (Å²) < 4.78 is 5.02. The van der Waals surface area contributed by atoms with Crippen LogP contribution in [0.1, 0.15) is 32.6 Å². The fourth-order valence-electron chi connectivity index (χ4n) is 2.21. The zero-order valence-corrected chi connectivity index (χ0v) is 12.5. The molecule has 0 bridgehead atoms. The van der Waals surface area contributed by atoms with E-state index in [2.05, 4.69) is 15.5 Å². The van der Waals surface area contributed by atoms with Crippen LogP contribution in [0.5, 0.6) is 0 Å². The van der Waals surface area contributed by atoms with Gasteiger partial charge in [0.2, 0.25) is 0 Å². The second-order valence-electron chi connectivity index (χ2n) is 4.85. The van der Waals surface area contributed by atoms with Crippen molar-refractivity contribution >= 4 is 17.7 Å². The van der Waals surface area contributed by atoms with Gasteiger partial charge in [-0.3, -0.25) is 0 Å². The lowest BCUT2D eigenvalue weighted by Crippen LogP contribution is -2.13. The van der Waals surface area contributed by atoms with Crippen molar-refractivity contribution in [1.82, 2.24) is 0 Å². The average molecular weight is 301 g/mol. The van der Waals surface area contributed by atoms with Crippen molar-refractivity contribution in [2.24, 2.45) is 10.2 Å². The maximum Gasteiger partial charge on any atom is 0.364 e. The minimum Gasteiger partial charge on any atom is -0.463 e. The summed E-state index contributed by atoms with van der Waals surface area (Å²) in [6.45, 7) is 2.08. The molecule has 0 unspecified atom stereocenters. The molecule has 116 valence electrons. The SMILES string of the molecule is CCOC(=O)C1=C(N=NC(=O)Nc2ccccc2)CCCC1. The zero-order valence-electron chi connectivity index (χ0n) is 12.5. The number of urea groups is 1. The van der Waals surface area contributed by atoms with Crippen LogP contribution >= 0.6 is 0 Å². The van der Waals surface area contributed by atoms with E-state index in [0.29, 0.717) is 36.4 Å². The third-order valence-corrected chi connectivity index (χ3v) is 3.25. The topological polar surface area (TPSA) is 80.1 Å². The van der Waals surface area contributed by atoms with Gasteiger partial charge < -0.3 is 10.1 Å². The number of carbonyl (C=O) groups is 2. The zero-order chi connectivity index (χ0) is 15.8. The van der Waals surface area contributed by atoms with Gasteiger partial charge in [0.05, 0.1) is 17.9 Å². The van der Waals surface area contributed by atoms with Gasteiger partial charge in [0.25, 0.3) is 0 Å². The highest BCUT2D eigenvalue weighted by Gasteiger charge is 2.20. The van der Waals surface area contributed by atoms with E-state index in [1.54, 1.807) is 19.1 Å². The average Bonchev–Trinajstić information content (AvgIpc) is 2.54. The van der Waals surface area contributed by atoms with Crippen LogP contribution in [0.4, 0.5) is 10.5 Å². The van der Waals surface area contributed by atoms with Crippen molar-refractivity contribution in [3.05, 3.63) is 41.6 Å². The van der Waals surface area contributed by atoms with Crippen molar-refractivity contribution in [2.75, 3.05) is 11.9 Å². The number of hydrogen-bond acceptors (Lipinski definition) is 4. The Morgan fingerprint density at radius 2 is 1.91 bits per heavy atom. The molecule has 0 aromatic heterocycles. The molecule has 2 amide bonds. The molecular formula is C16H19N3O3. The second kappa shape index (κ2) is 8.07. The predicted octanol–water partition coefficient (Wildman–Crippen LogP) is 4.06. The number of ether oxygens (including phenoxy) is 1. The van der Waals surface area contributed by atoms with Crippen LogP contribution in [0, 0.1) is 0 Å². The Hall–Kier alpha value is -2.50. The molecule has 1 N–H and O–H groups in total. The van der Waals surface area contributed by atoms with Crippen molar-refractivity contribution in [3.8, 4) is 0 Å². The summed E-state index contributed by atoms with van der Waals surface area (Å²) in [4.78, 5) is 23.6. The molecule has 0 saturated carbocycles. The first-order valence-corrected chi connectivity index (χ1v) is 7.37. The lowest BCUT2D eigenvalue weighted by molar-refractivity contribution is -0.138. The molecule has 0 saturated heterocycles. The minimum absolute atomic E-state index is 0.321. The Kier molecular flexibility index (Phi) is 5.82. The highest BCUT2D eigenvalue weighted by Crippen LogP contribution is 2.26. The van der Waals surface area contributed by atoms with E-state index in [0.717, 1.165) is 12.8 Å². The van der Waals surface area contributed by atoms with Crippen molar-refractivity contribution in [3.63, 3.8) is 0 Å². The number of hydrogen-bond donors (Lipinski definition) is 1. The molecule has 6 heteroatoms. The lowest BCUT2D eigenvalue weighted by atomic mass is 9.97. The maximum absolute atomic E-state index is 11.9. The van der Waals surface area contributed by atoms with Crippen molar-refractivity contribution < 1.29 is 14.3 Å². The molecule has 1 aromatic carbocycles. The number of anilines is 1. The molecule has 0 atom stereocenters. The van der Waals surface area contributed by atoms with Crippen LogP contribution in [-0.4, -0.2) is 18.6 Å². The van der Waals surface area contributed by atoms with Crippen LogP contribution in [0.15, 0.2) is 51.8 Å². The molecule has 0 fully saturated rings. The number of nitrogens with one attached hydrogen (secondary N) is 1. The first kappa shape index (κ1) is 15.9. The number of nitrogens with zero attached hydrogens (tertiary/aromatic N) is 2. The Labute approximate surface area is 129 Å². The highest BCUT2D eigenvalue weighted by molar-refractivity contribution is 5.90. The molecule has 0 heterocycles. The number of esters is 1. The van der Waals surface area contributed by atoms with Crippen LogP contribution < -0.4 is 5.32 Å². The summed E-state index contributed by atoms with van der Waals surface area (Å²) in [7, 11) is 0. The first-order valence-electron chi connectivity index (χ1n) is 7.37. The molecule has 2 rings (SSSR count). The van der Waals surface area contributed by atoms with Crippen LogP contribution in [0.2, 0.25) is 0 Å². The molecule has 1 aromatic rings. The van der Waals surface area contributed by atoms with Gasteiger partial charge in [-0.05, 0) is 44.7 Å². The quantitative estimate of drug-likeness (QED) is 0.672. The van der Waals surface area contributed by atoms with Crippen molar-refractivity contribution in [1.29, 1.82) is 0 Å². The molecule has 0 spiro atoms. The van der Waals surface area contributed by atoms with E-state index in [1.807, 2.05) is 18.2 Å². The van der Waals surface area contributed by atoms with E-state index in [1.165, 1.54) is 0 Å². The van der Waals surface area contributed by atoms with E-state index < -0.39 is 6.03 Å². The first-order chi connectivity index (χ1) is 10.7. The number of amides is 2. The molecule has 1 aliphatic carbocycles. The number of allylic oxidation sites excluding steroid dienone is 1. The van der Waals surface area contributed by atoms with Gasteiger partial charge in [-0.2, -0.15) is 0 Å². The van der Waals surface area contributed by atoms with Gasteiger partial charge in [-0.25, -0.2) is 9.59 Å². The van der Waals surface area contributed by atoms with Crippen LogP contribution in [-0.2, 0) is 9.53 Å². The Bertz CT molecular complexity index is 594. The summed E-state index contributed by atoms with van der Waals surface area (Å²) in [5.41, 5.74) is 1.73. The minimum atomic E-state index is -0.563. The van der Waals surface area contributed by atoms with E-state index in [4.69, 9.17) is 4.74 Å². The van der Waals surface area contributed by atoms with Crippen LogP contribution in [0.3, 0.4) is 0 Å². The van der Waals surface area contributed by atoms with E-state index >= 15 is 0 Å². The largest absolute Gasteiger partial charge is 0.463 e. The molecule has 6 nitrogen and oxygen atoms in total. The number of benzene rings is 1. The lowest BCUT2D eigenvalue weighted by Gasteiger charge is -2.15. The monoisotopic (exact) mass is 301 g/mol. The summed E-state index contributed by atoms with van der Waals surface area (Å²) in [5.74, 6) is -0.361. The standard InChI is InChI=1S/C16H19N3O3/c1-2-22-15(20)13-10-6-7-11-14(13)18-19-16(21)17-12-8-4-3-5-9-12/h3-5,8-9H,2,6-7,10-11H2,1H3,(H,17,21). The highest BCUT2D eigenvalue weighted by atomic mass is 16.5. The third kappa shape index (κ3) is 4.51. The van der Waals surface area contributed by atoms with Crippen molar-refractivity contribution in [2.45, 2.75) is 32.6 Å². The summed E-state index contributed by atoms with van der Waals surface area (Å²) in [5, 5.41) is 10.2. The molecular weight excluding hydrogens is 282 g/mol. The van der Waals surface area contributed by atoms with Gasteiger partial charge in [0.1, 0.15) is 0 Å². The Morgan fingerprint density at radius 1 is 1.18 bits per heavy atom. The maximum atomic E-state index is 11.9. The van der Waals surface area contributed by atoms with Gasteiger partial charge >= 0.3 is 12.0 Å². The van der Waals surface area contributed by atoms with E-state index in [-0.39, 0.29) is 5.97 Å². The van der Waals surface area contributed by atoms with E-state index in [9.17, 15) is 9.59 Å². The Balaban J connectivity index is 2.05. The predicted molar refractivity (Wildman–Crippen MR) is 82.4 cm³/mol. The number of carbonyl (C=O) groups excluding carboxylic acids is 2. The van der Waals surface area contributed by atoms with Gasteiger partial charge in [0.15, 0.2) is 0 Å². The number of para-hydroxylation sites is 1. The fraction of sp³-hybridized carbons (Fsp3) is 0.375. The summed E-state index contributed by atoms with van der Waals surface area (Å²) >= 11 is 0. The van der Waals surface area contributed by atoms with Crippen LogP contribution in [0.25, 0.3) is 0 Å². The van der Waals surface area contributed by atoms with Gasteiger partial charge in [-0.1, -0.05) is 23.3 Å². The summed E-state index contributed by atoms with van der Waals surface area (Å²) in [6.07, 6.45) is 3.10. The number of rotatable bonds is 4. The van der Waals surface area contributed by atoms with Gasteiger partial charge in [-0.15, -0.1) is 5.11 Å². The molecule has 22 heavy (non-hydrogen) atoms. The third-order valence-electron chi connectivity index (χ3n) is 3.25. The summed E-state index contributed by atoms with van der Waals surface area (Å²) in [6, 6.07) is 8.45. The normalized spacial score (nSPS) is 15.0. The second-order valence-corrected chi connectivity index (χ2v) is 4.85. The molecule has 1 aliphatic rings. The molecule has 0 radical (unpaired) electrons.